The van der Waals surface area contributed by atoms with Gasteiger partial charge in [0.1, 0.15) is 11.6 Å². The van der Waals surface area contributed by atoms with Gasteiger partial charge in [0.25, 0.3) is 0 Å². The van der Waals surface area contributed by atoms with Crippen LogP contribution in [0.1, 0.15) is 64.4 Å². The van der Waals surface area contributed by atoms with Crippen LogP contribution in [-0.2, 0) is 6.42 Å². The van der Waals surface area contributed by atoms with Crippen molar-refractivity contribution in [3.8, 4) is 0 Å². The normalized spacial score (nSPS) is 12.6. The minimum Gasteiger partial charge on any atom is -0.314 e. The molecule has 120 valence electrons. The fraction of sp³-hybridized carbons (Fsp3) is 0.667. The first kappa shape index (κ1) is 18.1. The second-order valence-electron chi connectivity index (χ2n) is 5.72. The molecule has 3 heteroatoms. The molecule has 1 aromatic carbocycles. The quantitative estimate of drug-likeness (QED) is 0.551. The van der Waals surface area contributed by atoms with Crippen molar-refractivity contribution in [3.63, 3.8) is 0 Å². The fourth-order valence-corrected chi connectivity index (χ4v) is 2.71. The molecule has 0 spiro atoms. The second kappa shape index (κ2) is 10.7. The van der Waals surface area contributed by atoms with E-state index in [4.69, 9.17) is 0 Å². The lowest BCUT2D eigenvalue weighted by Gasteiger charge is -2.18. The molecule has 0 bridgehead atoms. The van der Waals surface area contributed by atoms with Crippen LogP contribution in [0.15, 0.2) is 18.2 Å². The summed E-state index contributed by atoms with van der Waals surface area (Å²) in [5, 5.41) is 3.35. The van der Waals surface area contributed by atoms with Gasteiger partial charge in [0.15, 0.2) is 0 Å². The van der Waals surface area contributed by atoms with E-state index in [-0.39, 0.29) is 11.6 Å². The number of likely N-dealkylation sites (N-methyl/N-ethyl adjacent to an activating group) is 1. The molecule has 0 aliphatic carbocycles. The highest BCUT2D eigenvalue weighted by molar-refractivity contribution is 5.20. The van der Waals surface area contributed by atoms with Gasteiger partial charge in [-0.3, -0.25) is 0 Å². The van der Waals surface area contributed by atoms with E-state index in [9.17, 15) is 8.78 Å². The number of hydrogen-bond acceptors (Lipinski definition) is 1. The summed E-state index contributed by atoms with van der Waals surface area (Å²) in [6, 6.07) is 4.26. The standard InChI is InChI=1S/C18H29F2N/c1-3-5-6-7-8-9-11-15(21-4-2)14-16-17(19)12-10-13-18(16)20/h10,12-13,15,21H,3-9,11,14H2,1-2H3. The summed E-state index contributed by atoms with van der Waals surface area (Å²) in [4.78, 5) is 0. The molecule has 0 aliphatic heterocycles. The van der Waals surface area contributed by atoms with Crippen LogP contribution in [0.4, 0.5) is 8.78 Å². The zero-order chi connectivity index (χ0) is 15.5. The van der Waals surface area contributed by atoms with Crippen LogP contribution in [0.25, 0.3) is 0 Å². The molecule has 0 saturated carbocycles. The molecule has 1 atom stereocenters. The van der Waals surface area contributed by atoms with Crippen molar-refractivity contribution >= 4 is 0 Å². The van der Waals surface area contributed by atoms with Gasteiger partial charge in [0, 0.05) is 11.6 Å². The highest BCUT2D eigenvalue weighted by Gasteiger charge is 2.14. The van der Waals surface area contributed by atoms with Crippen molar-refractivity contribution in [2.24, 2.45) is 0 Å². The van der Waals surface area contributed by atoms with Crippen LogP contribution >= 0.6 is 0 Å². The van der Waals surface area contributed by atoms with E-state index < -0.39 is 11.6 Å². The van der Waals surface area contributed by atoms with Gasteiger partial charge < -0.3 is 5.32 Å². The maximum absolute atomic E-state index is 13.7. The van der Waals surface area contributed by atoms with Gasteiger partial charge >= 0.3 is 0 Å². The summed E-state index contributed by atoms with van der Waals surface area (Å²) >= 11 is 0. The zero-order valence-electron chi connectivity index (χ0n) is 13.4. The van der Waals surface area contributed by atoms with E-state index in [1.807, 2.05) is 6.92 Å². The molecule has 0 saturated heterocycles. The Bertz CT molecular complexity index is 373. The number of halogens is 2. The van der Waals surface area contributed by atoms with E-state index >= 15 is 0 Å². The number of hydrogen-bond donors (Lipinski definition) is 1. The summed E-state index contributed by atoms with van der Waals surface area (Å²) in [5.41, 5.74) is 0.217. The summed E-state index contributed by atoms with van der Waals surface area (Å²) in [5.74, 6) is -0.860. The highest BCUT2D eigenvalue weighted by Crippen LogP contribution is 2.17. The molecule has 1 nitrogen and oxygen atoms in total. The molecule has 21 heavy (non-hydrogen) atoms. The van der Waals surface area contributed by atoms with Crippen LogP contribution in [0.3, 0.4) is 0 Å². The fourth-order valence-electron chi connectivity index (χ4n) is 2.71. The predicted molar refractivity (Wildman–Crippen MR) is 85.5 cm³/mol. The van der Waals surface area contributed by atoms with Gasteiger partial charge in [-0.25, -0.2) is 8.78 Å². The second-order valence-corrected chi connectivity index (χ2v) is 5.72. The van der Waals surface area contributed by atoms with E-state index in [1.165, 1.54) is 50.3 Å². The predicted octanol–water partition coefficient (Wildman–Crippen LogP) is 5.24. The Balaban J connectivity index is 2.42. The molecule has 1 unspecified atom stereocenters. The Labute approximate surface area is 128 Å². The average molecular weight is 297 g/mol. The average Bonchev–Trinajstić information content (AvgIpc) is 2.46. The van der Waals surface area contributed by atoms with Crippen LogP contribution < -0.4 is 5.32 Å². The summed E-state index contributed by atoms with van der Waals surface area (Å²) < 4.78 is 27.4. The number of unbranched alkanes of at least 4 members (excludes halogenated alkanes) is 5. The van der Waals surface area contributed by atoms with Gasteiger partial charge in [0.2, 0.25) is 0 Å². The van der Waals surface area contributed by atoms with Gasteiger partial charge in [0.05, 0.1) is 0 Å². The molecule has 1 N–H and O–H groups in total. The lowest BCUT2D eigenvalue weighted by molar-refractivity contribution is 0.442. The third kappa shape index (κ3) is 7.03. The smallest absolute Gasteiger partial charge is 0.129 e. The number of nitrogens with one attached hydrogen (secondary N) is 1. The van der Waals surface area contributed by atoms with E-state index in [2.05, 4.69) is 12.2 Å². The van der Waals surface area contributed by atoms with E-state index in [0.29, 0.717) is 6.42 Å². The Morgan fingerprint density at radius 1 is 0.952 bits per heavy atom. The molecular formula is C18H29F2N. The Morgan fingerprint density at radius 2 is 1.57 bits per heavy atom. The highest BCUT2D eigenvalue weighted by atomic mass is 19.1. The molecule has 0 radical (unpaired) electrons. The Hall–Kier alpha value is -0.960. The molecule has 0 aliphatic rings. The molecule has 1 rings (SSSR count). The van der Waals surface area contributed by atoms with Gasteiger partial charge in [-0.2, -0.15) is 0 Å². The SMILES string of the molecule is CCCCCCCCC(Cc1c(F)cccc1F)NCC. The molecular weight excluding hydrogens is 268 g/mol. The summed E-state index contributed by atoms with van der Waals surface area (Å²) in [6.45, 7) is 5.08. The van der Waals surface area contributed by atoms with E-state index in [0.717, 1.165) is 19.4 Å². The van der Waals surface area contributed by atoms with Crippen molar-refractivity contribution in [2.45, 2.75) is 71.3 Å². The summed E-state index contributed by atoms with van der Waals surface area (Å²) in [7, 11) is 0. The van der Waals surface area contributed by atoms with Crippen LogP contribution in [0, 0.1) is 11.6 Å². The maximum Gasteiger partial charge on any atom is 0.129 e. The molecule has 0 heterocycles. The van der Waals surface area contributed by atoms with Crippen molar-refractivity contribution < 1.29 is 8.78 Å². The van der Waals surface area contributed by atoms with E-state index in [1.54, 1.807) is 0 Å². The Morgan fingerprint density at radius 3 is 2.19 bits per heavy atom. The van der Waals surface area contributed by atoms with Crippen molar-refractivity contribution in [2.75, 3.05) is 6.54 Å². The van der Waals surface area contributed by atoms with Gasteiger partial charge in [-0.05, 0) is 31.5 Å². The monoisotopic (exact) mass is 297 g/mol. The minimum atomic E-state index is -0.430. The topological polar surface area (TPSA) is 12.0 Å². The first-order valence-corrected chi connectivity index (χ1v) is 8.35. The molecule has 0 aromatic heterocycles. The van der Waals surface area contributed by atoms with Crippen LogP contribution in [0.2, 0.25) is 0 Å². The summed E-state index contributed by atoms with van der Waals surface area (Å²) in [6.07, 6.45) is 8.86. The number of rotatable bonds is 11. The molecule has 0 fully saturated rings. The Kier molecular flexibility index (Phi) is 9.24. The van der Waals surface area contributed by atoms with Crippen LogP contribution in [-0.4, -0.2) is 12.6 Å². The van der Waals surface area contributed by atoms with Gasteiger partial charge in [-0.15, -0.1) is 0 Å². The van der Waals surface area contributed by atoms with Gasteiger partial charge in [-0.1, -0.05) is 58.4 Å². The molecule has 1 aromatic rings. The largest absolute Gasteiger partial charge is 0.314 e. The van der Waals surface area contributed by atoms with Crippen molar-refractivity contribution in [3.05, 3.63) is 35.4 Å². The van der Waals surface area contributed by atoms with Crippen LogP contribution in [0.5, 0.6) is 0 Å². The third-order valence-electron chi connectivity index (χ3n) is 3.91. The molecule has 0 amide bonds. The zero-order valence-corrected chi connectivity index (χ0v) is 13.4. The minimum absolute atomic E-state index is 0.160. The van der Waals surface area contributed by atoms with Crippen molar-refractivity contribution in [1.82, 2.24) is 5.32 Å². The third-order valence-corrected chi connectivity index (χ3v) is 3.91. The number of benzene rings is 1. The lowest BCUT2D eigenvalue weighted by Crippen LogP contribution is -2.31. The first-order valence-electron chi connectivity index (χ1n) is 8.35. The maximum atomic E-state index is 13.7. The first-order chi connectivity index (χ1) is 10.2. The lowest BCUT2D eigenvalue weighted by atomic mass is 9.99. The van der Waals surface area contributed by atoms with Crippen molar-refractivity contribution in [1.29, 1.82) is 0 Å².